The highest BCUT2D eigenvalue weighted by Crippen LogP contribution is 2.16. The Balaban J connectivity index is 1.74. The Hall–Kier alpha value is -2.20. The number of H-pyrrole nitrogens is 1. The van der Waals surface area contributed by atoms with E-state index in [0.29, 0.717) is 0 Å². The molecule has 21 heavy (non-hydrogen) atoms. The molecular formula is C17H20N4. The Morgan fingerprint density at radius 2 is 1.81 bits per heavy atom. The Bertz CT molecular complexity index is 760. The molecule has 0 fully saturated rings. The number of aryl methyl sites for hydroxylation is 2. The highest BCUT2D eigenvalue weighted by atomic mass is 15.1. The maximum Gasteiger partial charge on any atom is 0.121 e. The van der Waals surface area contributed by atoms with E-state index in [0.717, 1.165) is 41.3 Å². The number of nitrogens with zero attached hydrogens (tertiary/aromatic N) is 3. The first-order chi connectivity index (χ1) is 10.1. The minimum absolute atomic E-state index is 0.781. The Morgan fingerprint density at radius 3 is 2.57 bits per heavy atom. The molecule has 1 N–H and O–H groups in total. The van der Waals surface area contributed by atoms with Gasteiger partial charge in [-0.25, -0.2) is 4.98 Å². The van der Waals surface area contributed by atoms with Crippen molar-refractivity contribution in [1.29, 1.82) is 0 Å². The highest BCUT2D eigenvalue weighted by Gasteiger charge is 2.08. The van der Waals surface area contributed by atoms with Crippen molar-refractivity contribution in [2.24, 2.45) is 0 Å². The zero-order valence-corrected chi connectivity index (χ0v) is 12.7. The summed E-state index contributed by atoms with van der Waals surface area (Å²) in [7, 11) is 2.09. The van der Waals surface area contributed by atoms with Gasteiger partial charge in [0.05, 0.1) is 23.3 Å². The van der Waals surface area contributed by atoms with E-state index < -0.39 is 0 Å². The number of fused-ring (bicyclic) bond motifs is 1. The van der Waals surface area contributed by atoms with Gasteiger partial charge in [0.1, 0.15) is 5.82 Å². The fraction of sp³-hybridized carbons (Fsp3) is 0.294. The summed E-state index contributed by atoms with van der Waals surface area (Å²) in [5, 5.41) is 0. The fourth-order valence-corrected chi connectivity index (χ4v) is 2.58. The van der Waals surface area contributed by atoms with E-state index in [-0.39, 0.29) is 0 Å². The summed E-state index contributed by atoms with van der Waals surface area (Å²) in [5.41, 5.74) is 5.52. The first-order valence-electron chi connectivity index (χ1n) is 7.17. The molecule has 3 aromatic rings. The third-order valence-electron chi connectivity index (χ3n) is 3.56. The number of imidazole rings is 1. The number of aromatic nitrogens is 3. The third-order valence-corrected chi connectivity index (χ3v) is 3.56. The molecule has 3 rings (SSSR count). The number of pyridine rings is 1. The van der Waals surface area contributed by atoms with Crippen molar-refractivity contribution in [2.75, 3.05) is 7.05 Å². The van der Waals surface area contributed by atoms with Crippen molar-refractivity contribution in [3.8, 4) is 0 Å². The molecule has 0 spiro atoms. The second kappa shape index (κ2) is 5.66. The van der Waals surface area contributed by atoms with Gasteiger partial charge in [0.25, 0.3) is 0 Å². The van der Waals surface area contributed by atoms with Crippen LogP contribution in [0.3, 0.4) is 0 Å². The average molecular weight is 280 g/mol. The summed E-state index contributed by atoms with van der Waals surface area (Å²) in [6, 6.07) is 12.3. The molecule has 2 heterocycles. The van der Waals surface area contributed by atoms with Gasteiger partial charge in [-0.2, -0.15) is 0 Å². The minimum Gasteiger partial charge on any atom is -0.341 e. The van der Waals surface area contributed by atoms with Gasteiger partial charge < -0.3 is 4.98 Å². The molecule has 0 aliphatic heterocycles. The molecule has 4 heteroatoms. The summed E-state index contributed by atoms with van der Waals surface area (Å²) in [4.78, 5) is 14.8. The van der Waals surface area contributed by atoms with E-state index in [2.05, 4.69) is 59.2 Å². The molecule has 0 amide bonds. The van der Waals surface area contributed by atoms with Gasteiger partial charge in [-0.3, -0.25) is 9.88 Å². The molecule has 0 aliphatic carbocycles. The molecule has 0 saturated carbocycles. The lowest BCUT2D eigenvalue weighted by Gasteiger charge is -2.14. The lowest BCUT2D eigenvalue weighted by atomic mass is 10.2. The first-order valence-corrected chi connectivity index (χ1v) is 7.17. The van der Waals surface area contributed by atoms with Gasteiger partial charge in [0.15, 0.2) is 0 Å². The fourth-order valence-electron chi connectivity index (χ4n) is 2.58. The quantitative estimate of drug-likeness (QED) is 0.798. The number of benzene rings is 1. The second-order valence-electron chi connectivity index (χ2n) is 5.60. The van der Waals surface area contributed by atoms with Crippen molar-refractivity contribution >= 4 is 11.0 Å². The SMILES string of the molecule is Cc1cccc(CN(C)Cc2nc3c(C)cccc3[nH]2)n1. The molecule has 0 bridgehead atoms. The Kier molecular flexibility index (Phi) is 3.71. The molecule has 0 aliphatic rings. The largest absolute Gasteiger partial charge is 0.341 e. The van der Waals surface area contributed by atoms with Crippen LogP contribution >= 0.6 is 0 Å². The van der Waals surface area contributed by atoms with Crippen LogP contribution in [0.4, 0.5) is 0 Å². The van der Waals surface area contributed by atoms with Gasteiger partial charge in [-0.05, 0) is 44.7 Å². The smallest absolute Gasteiger partial charge is 0.121 e. The van der Waals surface area contributed by atoms with Crippen LogP contribution < -0.4 is 0 Å². The van der Waals surface area contributed by atoms with Gasteiger partial charge >= 0.3 is 0 Å². The van der Waals surface area contributed by atoms with E-state index in [1.54, 1.807) is 0 Å². The van der Waals surface area contributed by atoms with E-state index in [4.69, 9.17) is 4.98 Å². The van der Waals surface area contributed by atoms with Crippen LogP contribution in [0.5, 0.6) is 0 Å². The van der Waals surface area contributed by atoms with Crippen molar-refractivity contribution in [1.82, 2.24) is 19.9 Å². The number of hydrogen-bond donors (Lipinski definition) is 1. The molecule has 0 radical (unpaired) electrons. The van der Waals surface area contributed by atoms with Crippen LogP contribution in [0, 0.1) is 13.8 Å². The minimum atomic E-state index is 0.781. The van der Waals surface area contributed by atoms with E-state index in [1.165, 1.54) is 5.56 Å². The van der Waals surface area contributed by atoms with Crippen LogP contribution in [0.25, 0.3) is 11.0 Å². The van der Waals surface area contributed by atoms with Gasteiger partial charge in [0.2, 0.25) is 0 Å². The van der Waals surface area contributed by atoms with Crippen LogP contribution in [-0.4, -0.2) is 26.9 Å². The van der Waals surface area contributed by atoms with Gasteiger partial charge in [-0.15, -0.1) is 0 Å². The van der Waals surface area contributed by atoms with Crippen molar-refractivity contribution in [3.05, 3.63) is 59.2 Å². The summed E-state index contributed by atoms with van der Waals surface area (Å²) in [6.07, 6.45) is 0. The van der Waals surface area contributed by atoms with Crippen molar-refractivity contribution in [3.63, 3.8) is 0 Å². The van der Waals surface area contributed by atoms with Crippen LogP contribution in [0.1, 0.15) is 22.8 Å². The monoisotopic (exact) mass is 280 g/mol. The summed E-state index contributed by atoms with van der Waals surface area (Å²) >= 11 is 0. The van der Waals surface area contributed by atoms with E-state index >= 15 is 0 Å². The van der Waals surface area contributed by atoms with Crippen molar-refractivity contribution in [2.45, 2.75) is 26.9 Å². The zero-order chi connectivity index (χ0) is 14.8. The highest BCUT2D eigenvalue weighted by molar-refractivity contribution is 5.78. The van der Waals surface area contributed by atoms with E-state index in [9.17, 15) is 0 Å². The second-order valence-corrected chi connectivity index (χ2v) is 5.60. The lowest BCUT2D eigenvalue weighted by Crippen LogP contribution is -2.18. The van der Waals surface area contributed by atoms with Gasteiger partial charge in [0, 0.05) is 12.2 Å². The maximum absolute atomic E-state index is 4.69. The molecule has 2 aromatic heterocycles. The predicted molar refractivity (Wildman–Crippen MR) is 85.0 cm³/mol. The Labute approximate surface area is 124 Å². The standard InChI is InChI=1S/C17H20N4/c1-12-6-4-9-15-17(12)20-16(19-15)11-21(3)10-14-8-5-7-13(2)18-14/h4-9H,10-11H2,1-3H3,(H,19,20). The first kappa shape index (κ1) is 13.8. The predicted octanol–water partition coefficient (Wildman–Crippen LogP) is 3.21. The average Bonchev–Trinajstić information content (AvgIpc) is 2.82. The van der Waals surface area contributed by atoms with Gasteiger partial charge in [-0.1, -0.05) is 18.2 Å². The van der Waals surface area contributed by atoms with Crippen LogP contribution in [0.2, 0.25) is 0 Å². The lowest BCUT2D eigenvalue weighted by molar-refractivity contribution is 0.308. The molecule has 4 nitrogen and oxygen atoms in total. The molecular weight excluding hydrogens is 260 g/mol. The third kappa shape index (κ3) is 3.11. The molecule has 0 saturated heterocycles. The number of rotatable bonds is 4. The summed E-state index contributed by atoms with van der Waals surface area (Å²) < 4.78 is 0. The maximum atomic E-state index is 4.69. The molecule has 0 atom stereocenters. The number of hydrogen-bond acceptors (Lipinski definition) is 3. The Morgan fingerprint density at radius 1 is 1.00 bits per heavy atom. The van der Waals surface area contributed by atoms with Crippen molar-refractivity contribution < 1.29 is 0 Å². The number of para-hydroxylation sites is 1. The zero-order valence-electron chi connectivity index (χ0n) is 12.7. The topological polar surface area (TPSA) is 44.8 Å². The molecule has 0 unspecified atom stereocenters. The van der Waals surface area contributed by atoms with Crippen LogP contribution in [-0.2, 0) is 13.1 Å². The summed E-state index contributed by atoms with van der Waals surface area (Å²) in [6.45, 7) is 5.71. The van der Waals surface area contributed by atoms with E-state index in [1.807, 2.05) is 13.0 Å². The number of nitrogens with one attached hydrogen (secondary N) is 1. The molecule has 1 aromatic carbocycles. The summed E-state index contributed by atoms with van der Waals surface area (Å²) in [5.74, 6) is 0.995. The number of aromatic amines is 1. The normalized spacial score (nSPS) is 11.4. The van der Waals surface area contributed by atoms with Crippen LogP contribution in [0.15, 0.2) is 36.4 Å². The molecule has 108 valence electrons.